The van der Waals surface area contributed by atoms with Gasteiger partial charge >= 0.3 is 6.03 Å². The number of aromatic nitrogens is 2. The lowest BCUT2D eigenvalue weighted by atomic mass is 10.1. The van der Waals surface area contributed by atoms with Gasteiger partial charge in [-0.1, -0.05) is 24.3 Å². The molecule has 138 valence electrons. The summed E-state index contributed by atoms with van der Waals surface area (Å²) in [5, 5.41) is 5.78. The molecule has 6 nitrogen and oxygen atoms in total. The molecule has 2 amide bonds. The first-order chi connectivity index (χ1) is 12.9. The number of urea groups is 1. The highest BCUT2D eigenvalue weighted by Gasteiger charge is 2.11. The minimum absolute atomic E-state index is 0.249. The summed E-state index contributed by atoms with van der Waals surface area (Å²) >= 11 is 0. The number of hydrogen-bond acceptors (Lipinski definition) is 2. The molecule has 0 unspecified atom stereocenters. The van der Waals surface area contributed by atoms with Crippen LogP contribution in [0, 0.1) is 27.7 Å². The molecule has 0 fully saturated rings. The second-order valence-corrected chi connectivity index (χ2v) is 6.57. The highest BCUT2D eigenvalue weighted by Crippen LogP contribution is 2.18. The molecule has 3 aromatic rings. The molecule has 0 aliphatic carbocycles. The van der Waals surface area contributed by atoms with Crippen molar-refractivity contribution in [2.24, 2.45) is 4.99 Å². The normalized spacial score (nSPS) is 11.1. The predicted molar refractivity (Wildman–Crippen MR) is 108 cm³/mol. The summed E-state index contributed by atoms with van der Waals surface area (Å²) in [7, 11) is 0. The number of amides is 2. The van der Waals surface area contributed by atoms with Crippen molar-refractivity contribution in [3.05, 3.63) is 80.8 Å². The van der Waals surface area contributed by atoms with Gasteiger partial charge in [0.1, 0.15) is 0 Å². The van der Waals surface area contributed by atoms with Crippen LogP contribution in [0.4, 0.5) is 10.5 Å². The van der Waals surface area contributed by atoms with Gasteiger partial charge in [0.25, 0.3) is 5.56 Å². The van der Waals surface area contributed by atoms with Gasteiger partial charge in [0.2, 0.25) is 0 Å². The number of nitrogens with zero attached hydrogens (tertiary/aromatic N) is 2. The van der Waals surface area contributed by atoms with Crippen molar-refractivity contribution < 1.29 is 4.79 Å². The zero-order chi connectivity index (χ0) is 19.6. The molecular weight excluding hydrogens is 340 g/mol. The molecule has 0 saturated heterocycles. The van der Waals surface area contributed by atoms with Crippen molar-refractivity contribution in [2.45, 2.75) is 27.7 Å². The number of aliphatic imine (C=N–C) groups is 1. The molecule has 2 aromatic carbocycles. The predicted octanol–water partition coefficient (Wildman–Crippen LogP) is 4.05. The Hall–Kier alpha value is -3.41. The number of aryl methyl sites for hydroxylation is 3. The number of rotatable bonds is 3. The van der Waals surface area contributed by atoms with E-state index in [-0.39, 0.29) is 5.56 Å². The van der Waals surface area contributed by atoms with Crippen LogP contribution in [0.5, 0.6) is 0 Å². The summed E-state index contributed by atoms with van der Waals surface area (Å²) in [6.07, 6.45) is 1.31. The summed E-state index contributed by atoms with van der Waals surface area (Å²) in [5.74, 6) is 0. The Labute approximate surface area is 157 Å². The quantitative estimate of drug-likeness (QED) is 0.689. The third-order valence-electron chi connectivity index (χ3n) is 4.53. The first-order valence-corrected chi connectivity index (χ1v) is 8.66. The number of carbonyl (C=O) groups is 1. The van der Waals surface area contributed by atoms with Crippen LogP contribution < -0.4 is 10.9 Å². The van der Waals surface area contributed by atoms with Crippen LogP contribution >= 0.6 is 0 Å². The highest BCUT2D eigenvalue weighted by molar-refractivity contribution is 5.98. The van der Waals surface area contributed by atoms with E-state index in [1.165, 1.54) is 10.9 Å². The Morgan fingerprint density at radius 2 is 1.85 bits per heavy atom. The summed E-state index contributed by atoms with van der Waals surface area (Å²) < 4.78 is 1.45. The van der Waals surface area contributed by atoms with E-state index in [0.29, 0.717) is 16.9 Å². The number of carbonyl (C=O) groups excluding carboxylic acids is 1. The molecule has 0 aliphatic heterocycles. The van der Waals surface area contributed by atoms with E-state index < -0.39 is 6.03 Å². The van der Waals surface area contributed by atoms with Crippen LogP contribution in [0.3, 0.4) is 0 Å². The summed E-state index contributed by atoms with van der Waals surface area (Å²) in [6, 6.07) is 12.8. The molecule has 1 heterocycles. The van der Waals surface area contributed by atoms with E-state index in [9.17, 15) is 9.59 Å². The van der Waals surface area contributed by atoms with Gasteiger partial charge in [-0.15, -0.1) is 0 Å². The minimum Gasteiger partial charge on any atom is -0.306 e. The zero-order valence-corrected chi connectivity index (χ0v) is 15.8. The number of hydrogen-bond donors (Lipinski definition) is 2. The largest absolute Gasteiger partial charge is 0.345 e. The average molecular weight is 362 g/mol. The lowest BCUT2D eigenvalue weighted by Gasteiger charge is -2.07. The molecule has 0 saturated carbocycles. The van der Waals surface area contributed by atoms with Crippen molar-refractivity contribution in [1.29, 1.82) is 0 Å². The van der Waals surface area contributed by atoms with E-state index in [4.69, 9.17) is 0 Å². The SMILES string of the molecule is Cc1cccc(-n2[nH]c(C)c(/C=N/C(=O)Nc3cccc(C)c3C)c2=O)c1. The third kappa shape index (κ3) is 3.89. The van der Waals surface area contributed by atoms with Crippen LogP contribution in [0.1, 0.15) is 27.9 Å². The number of nitrogens with one attached hydrogen (secondary N) is 2. The first-order valence-electron chi connectivity index (χ1n) is 8.66. The second-order valence-electron chi connectivity index (χ2n) is 6.57. The fourth-order valence-corrected chi connectivity index (χ4v) is 2.82. The van der Waals surface area contributed by atoms with Crippen molar-refractivity contribution in [1.82, 2.24) is 9.78 Å². The van der Waals surface area contributed by atoms with Gasteiger partial charge in [-0.3, -0.25) is 9.89 Å². The molecular formula is C21H22N4O2. The Bertz CT molecular complexity index is 1090. The van der Waals surface area contributed by atoms with Gasteiger partial charge in [-0.05, 0) is 62.6 Å². The van der Waals surface area contributed by atoms with Crippen LogP contribution in [-0.2, 0) is 0 Å². The van der Waals surface area contributed by atoms with Gasteiger partial charge in [0.15, 0.2) is 0 Å². The van der Waals surface area contributed by atoms with Crippen LogP contribution in [0.2, 0.25) is 0 Å². The van der Waals surface area contributed by atoms with Crippen molar-refractivity contribution in [2.75, 3.05) is 5.32 Å². The van der Waals surface area contributed by atoms with E-state index in [1.807, 2.05) is 63.2 Å². The topological polar surface area (TPSA) is 79.2 Å². The minimum atomic E-state index is -0.522. The molecule has 0 bridgehead atoms. The number of benzene rings is 2. The number of anilines is 1. The van der Waals surface area contributed by atoms with Gasteiger partial charge in [-0.2, -0.15) is 0 Å². The molecule has 0 radical (unpaired) electrons. The van der Waals surface area contributed by atoms with Gasteiger partial charge < -0.3 is 5.32 Å². The Balaban J connectivity index is 1.84. The van der Waals surface area contributed by atoms with E-state index in [0.717, 1.165) is 22.4 Å². The summed E-state index contributed by atoms with van der Waals surface area (Å²) in [5.41, 5.74) is 5.32. The number of aromatic amines is 1. The van der Waals surface area contributed by atoms with Crippen LogP contribution in [-0.4, -0.2) is 22.0 Å². The monoisotopic (exact) mass is 362 g/mol. The maximum Gasteiger partial charge on any atom is 0.345 e. The average Bonchev–Trinajstić information content (AvgIpc) is 2.91. The molecule has 1 aromatic heterocycles. The molecule has 2 N–H and O–H groups in total. The van der Waals surface area contributed by atoms with Gasteiger partial charge in [0, 0.05) is 17.6 Å². The molecule has 3 rings (SSSR count). The maximum atomic E-state index is 12.7. The summed E-state index contributed by atoms with van der Waals surface area (Å²) in [6.45, 7) is 7.65. The van der Waals surface area contributed by atoms with Crippen molar-refractivity contribution in [3.63, 3.8) is 0 Å². The second kappa shape index (κ2) is 7.45. The summed E-state index contributed by atoms with van der Waals surface area (Å²) in [4.78, 5) is 28.7. The lowest BCUT2D eigenvalue weighted by Crippen LogP contribution is -2.18. The first kappa shape index (κ1) is 18.4. The lowest BCUT2D eigenvalue weighted by molar-refractivity contribution is 0.259. The molecule has 0 aliphatic rings. The van der Waals surface area contributed by atoms with Gasteiger partial charge in [-0.25, -0.2) is 14.5 Å². The van der Waals surface area contributed by atoms with E-state index >= 15 is 0 Å². The molecule has 27 heavy (non-hydrogen) atoms. The Kier molecular flexibility index (Phi) is 5.07. The standard InChI is InChI=1S/C21H22N4O2/c1-13-7-5-9-17(11-13)25-20(26)18(16(4)24-25)12-22-21(27)23-19-10-6-8-14(2)15(19)3/h5-12,24H,1-4H3,(H,23,27)/b22-12+. The van der Waals surface area contributed by atoms with Crippen molar-refractivity contribution >= 4 is 17.9 Å². The Morgan fingerprint density at radius 3 is 2.59 bits per heavy atom. The molecule has 0 spiro atoms. The molecule has 6 heteroatoms. The van der Waals surface area contributed by atoms with Crippen LogP contribution in [0.15, 0.2) is 52.3 Å². The highest BCUT2D eigenvalue weighted by atomic mass is 16.2. The van der Waals surface area contributed by atoms with Gasteiger partial charge in [0.05, 0.1) is 11.3 Å². The van der Waals surface area contributed by atoms with E-state index in [2.05, 4.69) is 15.4 Å². The van der Waals surface area contributed by atoms with E-state index in [1.54, 1.807) is 6.92 Å². The zero-order valence-electron chi connectivity index (χ0n) is 15.8. The Morgan fingerprint density at radius 1 is 1.11 bits per heavy atom. The maximum absolute atomic E-state index is 12.7. The van der Waals surface area contributed by atoms with Crippen molar-refractivity contribution in [3.8, 4) is 5.69 Å². The van der Waals surface area contributed by atoms with Crippen LogP contribution in [0.25, 0.3) is 5.69 Å². The molecule has 0 atom stereocenters. The third-order valence-corrected chi connectivity index (χ3v) is 4.53. The fourth-order valence-electron chi connectivity index (χ4n) is 2.82. The fraction of sp³-hybridized carbons (Fsp3) is 0.190. The number of H-pyrrole nitrogens is 1. The smallest absolute Gasteiger partial charge is 0.306 e.